The molecular weight excluding hydrogens is 364 g/mol. The highest BCUT2D eigenvalue weighted by molar-refractivity contribution is 5.79. The standard InChI is InChI=1S/C21H24O7/c1-25-17-10-15(9-16(12-19(22)23)21(24)27-3)11-18(26-2)20(17)28-13-14-7-5-4-6-8-14/h4-8,10-11,16H,9,12-13H2,1-3H3,(H,22,23). The van der Waals surface area contributed by atoms with Crippen LogP contribution in [-0.4, -0.2) is 38.4 Å². The number of rotatable bonds is 10. The smallest absolute Gasteiger partial charge is 0.309 e. The topological polar surface area (TPSA) is 91.3 Å². The summed E-state index contributed by atoms with van der Waals surface area (Å²) in [6.07, 6.45) is -0.159. The molecule has 0 amide bonds. The van der Waals surface area contributed by atoms with E-state index in [2.05, 4.69) is 0 Å². The van der Waals surface area contributed by atoms with E-state index in [1.807, 2.05) is 30.3 Å². The molecule has 28 heavy (non-hydrogen) atoms. The van der Waals surface area contributed by atoms with Crippen LogP contribution in [0, 0.1) is 5.92 Å². The Hall–Kier alpha value is -3.22. The van der Waals surface area contributed by atoms with Gasteiger partial charge in [0.05, 0.1) is 33.7 Å². The molecule has 0 aliphatic rings. The monoisotopic (exact) mass is 388 g/mol. The van der Waals surface area contributed by atoms with Crippen molar-refractivity contribution in [3.63, 3.8) is 0 Å². The highest BCUT2D eigenvalue weighted by atomic mass is 16.5. The van der Waals surface area contributed by atoms with Crippen LogP contribution in [0.1, 0.15) is 17.5 Å². The van der Waals surface area contributed by atoms with Gasteiger partial charge in [-0.25, -0.2) is 0 Å². The van der Waals surface area contributed by atoms with Gasteiger partial charge in [0.15, 0.2) is 11.5 Å². The summed E-state index contributed by atoms with van der Waals surface area (Å²) in [4.78, 5) is 23.0. The van der Waals surface area contributed by atoms with Gasteiger partial charge in [-0.3, -0.25) is 9.59 Å². The molecule has 0 saturated heterocycles. The number of hydrogen-bond acceptors (Lipinski definition) is 6. The summed E-state index contributed by atoms with van der Waals surface area (Å²) >= 11 is 0. The fraction of sp³-hybridized carbons (Fsp3) is 0.333. The van der Waals surface area contributed by atoms with Gasteiger partial charge in [-0.1, -0.05) is 30.3 Å². The highest BCUT2D eigenvalue weighted by Crippen LogP contribution is 2.39. The number of esters is 1. The van der Waals surface area contributed by atoms with Crippen LogP contribution in [0.3, 0.4) is 0 Å². The van der Waals surface area contributed by atoms with Gasteiger partial charge in [0.1, 0.15) is 6.61 Å². The van der Waals surface area contributed by atoms with Crippen LogP contribution < -0.4 is 14.2 Å². The second-order valence-electron chi connectivity index (χ2n) is 6.13. The molecular formula is C21H24O7. The maximum Gasteiger partial charge on any atom is 0.309 e. The SMILES string of the molecule is COC(=O)C(CC(=O)O)Cc1cc(OC)c(OCc2ccccc2)c(OC)c1. The van der Waals surface area contributed by atoms with Crippen molar-refractivity contribution >= 4 is 11.9 Å². The zero-order valence-corrected chi connectivity index (χ0v) is 16.1. The lowest BCUT2D eigenvalue weighted by atomic mass is 9.95. The van der Waals surface area contributed by atoms with E-state index in [-0.39, 0.29) is 12.8 Å². The van der Waals surface area contributed by atoms with Crippen LogP contribution in [-0.2, 0) is 27.4 Å². The number of methoxy groups -OCH3 is 3. The molecule has 0 aliphatic heterocycles. The van der Waals surface area contributed by atoms with E-state index in [9.17, 15) is 9.59 Å². The van der Waals surface area contributed by atoms with Crippen LogP contribution in [0.5, 0.6) is 17.2 Å². The molecule has 2 aromatic carbocycles. The molecule has 0 aliphatic carbocycles. The number of aliphatic carboxylic acids is 1. The lowest BCUT2D eigenvalue weighted by molar-refractivity contribution is -0.150. The predicted molar refractivity (Wildman–Crippen MR) is 102 cm³/mol. The van der Waals surface area contributed by atoms with Gasteiger partial charge in [0.2, 0.25) is 5.75 Å². The van der Waals surface area contributed by atoms with Crippen molar-refractivity contribution in [1.29, 1.82) is 0 Å². The minimum absolute atomic E-state index is 0.171. The predicted octanol–water partition coefficient (Wildman–Crippen LogP) is 3.09. The van der Waals surface area contributed by atoms with E-state index in [1.54, 1.807) is 12.1 Å². The van der Waals surface area contributed by atoms with Crippen molar-refractivity contribution in [3.05, 3.63) is 53.6 Å². The summed E-state index contributed by atoms with van der Waals surface area (Å²) in [5, 5.41) is 9.05. The van der Waals surface area contributed by atoms with Gasteiger partial charge >= 0.3 is 11.9 Å². The summed E-state index contributed by atoms with van der Waals surface area (Å²) in [5.74, 6) is -1.16. The molecule has 150 valence electrons. The maximum absolute atomic E-state index is 11.9. The van der Waals surface area contributed by atoms with E-state index in [1.165, 1.54) is 21.3 Å². The molecule has 0 bridgehead atoms. The van der Waals surface area contributed by atoms with Crippen LogP contribution >= 0.6 is 0 Å². The van der Waals surface area contributed by atoms with Crippen molar-refractivity contribution in [1.82, 2.24) is 0 Å². The zero-order valence-electron chi connectivity index (χ0n) is 16.1. The van der Waals surface area contributed by atoms with Crippen molar-refractivity contribution < 1.29 is 33.6 Å². The summed E-state index contributed by atoms with van der Waals surface area (Å²) < 4.78 is 21.5. The molecule has 1 N–H and O–H groups in total. The van der Waals surface area contributed by atoms with E-state index >= 15 is 0 Å². The summed E-state index contributed by atoms with van der Waals surface area (Å²) in [6.45, 7) is 0.330. The molecule has 1 atom stereocenters. The van der Waals surface area contributed by atoms with Gasteiger partial charge in [0.25, 0.3) is 0 Å². The average molecular weight is 388 g/mol. The van der Waals surface area contributed by atoms with Crippen molar-refractivity contribution in [2.24, 2.45) is 5.92 Å². The number of hydrogen-bond donors (Lipinski definition) is 1. The number of carbonyl (C=O) groups excluding carboxylic acids is 1. The number of ether oxygens (including phenoxy) is 4. The van der Waals surface area contributed by atoms with Gasteiger partial charge in [-0.2, -0.15) is 0 Å². The lowest BCUT2D eigenvalue weighted by Crippen LogP contribution is -2.22. The van der Waals surface area contributed by atoms with Crippen LogP contribution in [0.2, 0.25) is 0 Å². The summed E-state index contributed by atoms with van der Waals surface area (Å²) in [6, 6.07) is 13.1. The number of carbonyl (C=O) groups is 2. The van der Waals surface area contributed by atoms with Crippen molar-refractivity contribution in [3.8, 4) is 17.2 Å². The minimum Gasteiger partial charge on any atom is -0.493 e. The molecule has 0 spiro atoms. The Morgan fingerprint density at radius 1 is 0.964 bits per heavy atom. The number of benzene rings is 2. The van der Waals surface area contributed by atoms with Crippen LogP contribution in [0.15, 0.2) is 42.5 Å². The maximum atomic E-state index is 11.9. The normalized spacial score (nSPS) is 11.4. The Kier molecular flexibility index (Phi) is 7.68. The molecule has 0 radical (unpaired) electrons. The quantitative estimate of drug-likeness (QED) is 0.625. The fourth-order valence-electron chi connectivity index (χ4n) is 2.82. The molecule has 1 unspecified atom stereocenters. The third-order valence-corrected chi connectivity index (χ3v) is 4.18. The Labute approximate surface area is 163 Å². The highest BCUT2D eigenvalue weighted by Gasteiger charge is 2.24. The van der Waals surface area contributed by atoms with Crippen LogP contribution in [0.25, 0.3) is 0 Å². The van der Waals surface area contributed by atoms with Crippen LogP contribution in [0.4, 0.5) is 0 Å². The molecule has 2 rings (SSSR count). The third-order valence-electron chi connectivity index (χ3n) is 4.18. The Morgan fingerprint density at radius 3 is 2.07 bits per heavy atom. The minimum atomic E-state index is -1.07. The van der Waals surface area contributed by atoms with Gasteiger partial charge in [0, 0.05) is 0 Å². The first-order valence-corrected chi connectivity index (χ1v) is 8.69. The second-order valence-corrected chi connectivity index (χ2v) is 6.13. The first-order valence-electron chi connectivity index (χ1n) is 8.69. The fourth-order valence-corrected chi connectivity index (χ4v) is 2.82. The Balaban J connectivity index is 2.27. The van der Waals surface area contributed by atoms with Crippen molar-refractivity contribution in [2.75, 3.05) is 21.3 Å². The largest absolute Gasteiger partial charge is 0.493 e. The zero-order chi connectivity index (χ0) is 20.5. The average Bonchev–Trinajstić information content (AvgIpc) is 2.71. The van der Waals surface area contributed by atoms with Gasteiger partial charge in [-0.05, 0) is 29.7 Å². The molecule has 0 saturated carbocycles. The molecule has 0 heterocycles. The molecule has 0 fully saturated rings. The van der Waals surface area contributed by atoms with Gasteiger partial charge in [-0.15, -0.1) is 0 Å². The number of carboxylic acid groups (broad SMARTS) is 1. The van der Waals surface area contributed by atoms with Crippen molar-refractivity contribution in [2.45, 2.75) is 19.4 Å². The summed E-state index contributed by atoms with van der Waals surface area (Å²) in [7, 11) is 4.24. The van der Waals surface area contributed by atoms with E-state index in [4.69, 9.17) is 24.1 Å². The molecule has 7 nitrogen and oxygen atoms in total. The first-order chi connectivity index (χ1) is 13.5. The molecule has 2 aromatic rings. The second kappa shape index (κ2) is 10.2. The number of carboxylic acids is 1. The molecule has 0 aromatic heterocycles. The molecule has 7 heteroatoms. The van der Waals surface area contributed by atoms with E-state index in [0.717, 1.165) is 5.56 Å². The van der Waals surface area contributed by atoms with E-state index < -0.39 is 17.9 Å². The Bertz CT molecular complexity index is 777. The summed E-state index contributed by atoms with van der Waals surface area (Å²) in [5.41, 5.74) is 1.67. The lowest BCUT2D eigenvalue weighted by Gasteiger charge is -2.18. The third kappa shape index (κ3) is 5.64. The van der Waals surface area contributed by atoms with Gasteiger partial charge < -0.3 is 24.1 Å². The first kappa shape index (κ1) is 21.1. The van der Waals surface area contributed by atoms with E-state index in [0.29, 0.717) is 29.4 Å². The Morgan fingerprint density at radius 2 is 1.57 bits per heavy atom.